The molecule has 2 N–H and O–H groups in total. The number of nitrogens with one attached hydrogen (secondary N) is 2. The normalized spacial score (nSPS) is 18.5. The number of nitrogens with zero attached hydrogens (tertiary/aromatic N) is 3. The lowest BCUT2D eigenvalue weighted by atomic mass is 9.82. The van der Waals surface area contributed by atoms with Gasteiger partial charge in [-0.1, -0.05) is 19.3 Å². The zero-order valence-corrected chi connectivity index (χ0v) is 13.4. The van der Waals surface area contributed by atoms with E-state index in [2.05, 4.69) is 21.8 Å². The number of amides is 1. The molecule has 0 aromatic carbocycles. The summed E-state index contributed by atoms with van der Waals surface area (Å²) in [6.07, 6.45) is 0.883. The van der Waals surface area contributed by atoms with Crippen molar-refractivity contribution >= 4 is 11.7 Å². The Morgan fingerprint density at radius 1 is 1.46 bits per heavy atom. The van der Waals surface area contributed by atoms with Gasteiger partial charge in [-0.3, -0.25) is 9.48 Å². The number of halogens is 3. The first-order valence-electron chi connectivity index (χ1n) is 7.83. The minimum Gasteiger partial charge on any atom is -0.357 e. The van der Waals surface area contributed by atoms with Crippen molar-refractivity contribution < 1.29 is 18.0 Å². The molecule has 0 bridgehead atoms. The topological polar surface area (TPSA) is 82.7 Å². The summed E-state index contributed by atoms with van der Waals surface area (Å²) in [4.78, 5) is 12.3. The maximum absolute atomic E-state index is 12.3. The second-order valence-electron chi connectivity index (χ2n) is 6.12. The molecule has 0 radical (unpaired) electrons. The van der Waals surface area contributed by atoms with Gasteiger partial charge < -0.3 is 10.6 Å². The first-order chi connectivity index (χ1) is 11.2. The van der Waals surface area contributed by atoms with Crippen molar-refractivity contribution in [2.75, 3.05) is 5.32 Å². The van der Waals surface area contributed by atoms with Gasteiger partial charge >= 0.3 is 6.18 Å². The van der Waals surface area contributed by atoms with E-state index < -0.39 is 24.3 Å². The molecule has 2 rings (SSSR count). The molecule has 1 atom stereocenters. The smallest absolute Gasteiger partial charge is 0.357 e. The lowest BCUT2D eigenvalue weighted by molar-refractivity contribution is -0.142. The number of alkyl halides is 3. The molecule has 6 nitrogen and oxygen atoms in total. The third-order valence-electron chi connectivity index (χ3n) is 4.02. The van der Waals surface area contributed by atoms with Crippen LogP contribution in [0.4, 0.5) is 19.0 Å². The SMILES string of the molecule is CC(Nc1ccn(CC(F)(F)F)n1)C(=O)NC1(C#N)CCCCC1. The maximum atomic E-state index is 12.3. The molecule has 132 valence electrons. The van der Waals surface area contributed by atoms with E-state index in [1.165, 1.54) is 12.3 Å². The molecule has 1 aromatic rings. The Kier molecular flexibility index (Phi) is 5.36. The number of anilines is 1. The van der Waals surface area contributed by atoms with Gasteiger partial charge in [0.2, 0.25) is 5.91 Å². The van der Waals surface area contributed by atoms with Crippen molar-refractivity contribution in [3.05, 3.63) is 12.3 Å². The fourth-order valence-corrected chi connectivity index (χ4v) is 2.76. The second kappa shape index (κ2) is 7.11. The fourth-order valence-electron chi connectivity index (χ4n) is 2.76. The molecular formula is C15H20F3N5O. The van der Waals surface area contributed by atoms with Gasteiger partial charge in [-0.05, 0) is 19.8 Å². The Bertz CT molecular complexity index is 613. The van der Waals surface area contributed by atoms with Crippen LogP contribution in [0.1, 0.15) is 39.0 Å². The van der Waals surface area contributed by atoms with Crippen molar-refractivity contribution in [3.8, 4) is 6.07 Å². The highest BCUT2D eigenvalue weighted by Gasteiger charge is 2.35. The van der Waals surface area contributed by atoms with E-state index in [0.717, 1.165) is 23.9 Å². The van der Waals surface area contributed by atoms with Gasteiger partial charge in [-0.2, -0.15) is 23.5 Å². The third kappa shape index (κ3) is 4.88. The fraction of sp³-hybridized carbons (Fsp3) is 0.667. The summed E-state index contributed by atoms with van der Waals surface area (Å²) in [6, 6.07) is 2.85. The van der Waals surface area contributed by atoms with E-state index in [-0.39, 0.29) is 11.7 Å². The highest BCUT2D eigenvalue weighted by Crippen LogP contribution is 2.27. The Labute approximate surface area is 138 Å². The van der Waals surface area contributed by atoms with Crippen LogP contribution >= 0.6 is 0 Å². The molecular weight excluding hydrogens is 323 g/mol. The van der Waals surface area contributed by atoms with Crippen LogP contribution in [0.25, 0.3) is 0 Å². The summed E-state index contributed by atoms with van der Waals surface area (Å²) in [6.45, 7) is 0.388. The quantitative estimate of drug-likeness (QED) is 0.861. The standard InChI is InChI=1S/C15H20F3N5O/c1-11(13(24)21-14(9-19)6-3-2-4-7-14)20-12-5-8-23(22-12)10-15(16,17)18/h5,8,11H,2-4,6-7,10H2,1H3,(H,20,22)(H,21,24). The van der Waals surface area contributed by atoms with Crippen molar-refractivity contribution in [3.63, 3.8) is 0 Å². The highest BCUT2D eigenvalue weighted by atomic mass is 19.4. The minimum absolute atomic E-state index is 0.177. The van der Waals surface area contributed by atoms with Crippen molar-refractivity contribution in [1.29, 1.82) is 5.26 Å². The summed E-state index contributed by atoms with van der Waals surface area (Å²) in [5, 5.41) is 18.6. The lowest BCUT2D eigenvalue weighted by Crippen LogP contribution is -2.52. The van der Waals surface area contributed by atoms with Crippen LogP contribution < -0.4 is 10.6 Å². The van der Waals surface area contributed by atoms with E-state index in [1.807, 2.05) is 0 Å². The summed E-state index contributed by atoms with van der Waals surface area (Å²) in [7, 11) is 0. The summed E-state index contributed by atoms with van der Waals surface area (Å²) in [5.74, 6) is -0.194. The molecule has 1 aliphatic carbocycles. The molecule has 24 heavy (non-hydrogen) atoms. The number of carbonyl (C=O) groups is 1. The van der Waals surface area contributed by atoms with Crippen LogP contribution in [0.2, 0.25) is 0 Å². The molecule has 0 saturated heterocycles. The van der Waals surface area contributed by atoms with Gasteiger partial charge in [0.15, 0.2) is 0 Å². The number of nitriles is 1. The third-order valence-corrected chi connectivity index (χ3v) is 4.02. The Hall–Kier alpha value is -2.24. The average molecular weight is 343 g/mol. The van der Waals surface area contributed by atoms with E-state index in [4.69, 9.17) is 0 Å². The van der Waals surface area contributed by atoms with Crippen molar-refractivity contribution in [2.24, 2.45) is 0 Å². The Morgan fingerprint density at radius 2 is 2.12 bits per heavy atom. The zero-order chi connectivity index (χ0) is 17.8. The monoisotopic (exact) mass is 343 g/mol. The molecule has 1 aromatic heterocycles. The number of rotatable bonds is 5. The van der Waals surface area contributed by atoms with E-state index >= 15 is 0 Å². The summed E-state index contributed by atoms with van der Waals surface area (Å²) >= 11 is 0. The molecule has 0 aliphatic heterocycles. The number of hydrogen-bond donors (Lipinski definition) is 2. The van der Waals surface area contributed by atoms with Gasteiger partial charge in [-0.15, -0.1) is 0 Å². The van der Waals surface area contributed by atoms with Crippen LogP contribution in [0.3, 0.4) is 0 Å². The first kappa shape index (κ1) is 18.1. The summed E-state index contributed by atoms with van der Waals surface area (Å²) in [5.41, 5.74) is -0.846. The van der Waals surface area contributed by atoms with Gasteiger partial charge in [0.1, 0.15) is 23.9 Å². The second-order valence-corrected chi connectivity index (χ2v) is 6.12. The lowest BCUT2D eigenvalue weighted by Gasteiger charge is -2.32. The van der Waals surface area contributed by atoms with Crippen LogP contribution in [0.5, 0.6) is 0 Å². The molecule has 1 fully saturated rings. The van der Waals surface area contributed by atoms with Gasteiger partial charge in [0.25, 0.3) is 0 Å². The largest absolute Gasteiger partial charge is 0.408 e. The van der Waals surface area contributed by atoms with Gasteiger partial charge in [-0.25, -0.2) is 0 Å². The van der Waals surface area contributed by atoms with E-state index in [1.54, 1.807) is 6.92 Å². The average Bonchev–Trinajstić information content (AvgIpc) is 2.93. The van der Waals surface area contributed by atoms with E-state index in [0.29, 0.717) is 12.8 Å². The maximum Gasteiger partial charge on any atom is 0.408 e. The molecule has 9 heteroatoms. The molecule has 1 heterocycles. The first-order valence-corrected chi connectivity index (χ1v) is 7.83. The molecule has 1 amide bonds. The highest BCUT2D eigenvalue weighted by molar-refractivity contribution is 5.84. The molecule has 0 spiro atoms. The van der Waals surface area contributed by atoms with Gasteiger partial charge in [0.05, 0.1) is 6.07 Å². The van der Waals surface area contributed by atoms with Crippen molar-refractivity contribution in [1.82, 2.24) is 15.1 Å². The van der Waals surface area contributed by atoms with Crippen LogP contribution in [-0.2, 0) is 11.3 Å². The predicted octanol–water partition coefficient (Wildman–Crippen LogP) is 2.59. The molecule has 1 saturated carbocycles. The predicted molar refractivity (Wildman–Crippen MR) is 80.9 cm³/mol. The Morgan fingerprint density at radius 3 is 2.71 bits per heavy atom. The zero-order valence-electron chi connectivity index (χ0n) is 13.4. The number of carbonyl (C=O) groups excluding carboxylic acids is 1. The van der Waals surface area contributed by atoms with Crippen molar-refractivity contribution in [2.45, 2.75) is 63.3 Å². The number of hydrogen-bond acceptors (Lipinski definition) is 4. The van der Waals surface area contributed by atoms with E-state index in [9.17, 15) is 23.2 Å². The van der Waals surface area contributed by atoms with Crippen LogP contribution in [0, 0.1) is 11.3 Å². The molecule has 1 unspecified atom stereocenters. The number of aromatic nitrogens is 2. The van der Waals surface area contributed by atoms with Gasteiger partial charge in [0, 0.05) is 12.3 Å². The summed E-state index contributed by atoms with van der Waals surface area (Å²) < 4.78 is 37.7. The van der Waals surface area contributed by atoms with Crippen LogP contribution in [-0.4, -0.2) is 33.4 Å². The minimum atomic E-state index is -4.35. The van der Waals surface area contributed by atoms with Crippen LogP contribution in [0.15, 0.2) is 12.3 Å². The molecule has 1 aliphatic rings. The Balaban J connectivity index is 1.93.